The van der Waals surface area contributed by atoms with Crippen molar-refractivity contribution < 1.29 is 4.39 Å². The Kier molecular flexibility index (Phi) is 5.54. The summed E-state index contributed by atoms with van der Waals surface area (Å²) >= 11 is 2.21. The molecule has 1 atom stereocenters. The molecule has 2 aromatic rings. The fraction of sp³-hybridized carbons (Fsp3) is 0.294. The molecule has 0 saturated heterocycles. The van der Waals surface area contributed by atoms with Gasteiger partial charge in [-0.2, -0.15) is 0 Å². The van der Waals surface area contributed by atoms with Gasteiger partial charge in [0, 0.05) is 3.57 Å². The van der Waals surface area contributed by atoms with Crippen LogP contribution in [0.3, 0.4) is 0 Å². The Morgan fingerprint density at radius 1 is 1.15 bits per heavy atom. The number of benzene rings is 2. The number of rotatable bonds is 5. The van der Waals surface area contributed by atoms with E-state index in [4.69, 9.17) is 0 Å². The molecule has 0 amide bonds. The van der Waals surface area contributed by atoms with E-state index in [0.29, 0.717) is 0 Å². The van der Waals surface area contributed by atoms with Gasteiger partial charge in [-0.1, -0.05) is 44.2 Å². The second-order valence-corrected chi connectivity index (χ2v) is 5.92. The van der Waals surface area contributed by atoms with Gasteiger partial charge in [0.15, 0.2) is 0 Å². The van der Waals surface area contributed by atoms with E-state index in [0.717, 1.165) is 22.1 Å². The summed E-state index contributed by atoms with van der Waals surface area (Å²) in [5.74, 6) is -0.185. The van der Waals surface area contributed by atoms with E-state index in [1.54, 1.807) is 6.07 Å². The molecular formula is C17H19FIN. The summed E-state index contributed by atoms with van der Waals surface area (Å²) in [5.41, 5.74) is 3.68. The highest BCUT2D eigenvalue weighted by molar-refractivity contribution is 14.1. The summed E-state index contributed by atoms with van der Waals surface area (Å²) in [6.45, 7) is 5.12. The predicted molar refractivity (Wildman–Crippen MR) is 90.5 cm³/mol. The van der Waals surface area contributed by atoms with E-state index in [2.05, 4.69) is 66.0 Å². The van der Waals surface area contributed by atoms with Gasteiger partial charge < -0.3 is 5.32 Å². The third-order valence-corrected chi connectivity index (χ3v) is 4.31. The normalized spacial score (nSPS) is 12.4. The lowest BCUT2D eigenvalue weighted by molar-refractivity contribution is 0.610. The summed E-state index contributed by atoms with van der Waals surface area (Å²) in [6, 6.07) is 13.7. The molecule has 3 heteroatoms. The lowest BCUT2D eigenvalue weighted by Gasteiger charge is -2.21. The first-order chi connectivity index (χ1) is 9.65. The molecular weight excluding hydrogens is 364 g/mol. The van der Waals surface area contributed by atoms with Crippen LogP contribution in [0, 0.1) is 9.39 Å². The average Bonchev–Trinajstić information content (AvgIpc) is 2.45. The quantitative estimate of drug-likeness (QED) is 0.739. The van der Waals surface area contributed by atoms with E-state index in [1.165, 1.54) is 17.2 Å². The van der Waals surface area contributed by atoms with Gasteiger partial charge in [-0.3, -0.25) is 0 Å². The summed E-state index contributed by atoms with van der Waals surface area (Å²) in [5, 5.41) is 3.50. The molecule has 2 rings (SSSR count). The van der Waals surface area contributed by atoms with Gasteiger partial charge in [0.25, 0.3) is 0 Å². The van der Waals surface area contributed by atoms with Gasteiger partial charge >= 0.3 is 0 Å². The highest BCUT2D eigenvalue weighted by Crippen LogP contribution is 2.27. The van der Waals surface area contributed by atoms with Crippen molar-refractivity contribution in [3.05, 3.63) is 68.5 Å². The van der Waals surface area contributed by atoms with Crippen molar-refractivity contribution in [3.63, 3.8) is 0 Å². The molecule has 0 bridgehead atoms. The Labute approximate surface area is 133 Å². The van der Waals surface area contributed by atoms with Crippen molar-refractivity contribution in [1.29, 1.82) is 0 Å². The van der Waals surface area contributed by atoms with Crippen LogP contribution < -0.4 is 5.32 Å². The molecule has 0 spiro atoms. The van der Waals surface area contributed by atoms with E-state index in [-0.39, 0.29) is 11.9 Å². The molecule has 106 valence electrons. The smallest absolute Gasteiger partial charge is 0.124 e. The van der Waals surface area contributed by atoms with Crippen molar-refractivity contribution in [2.75, 3.05) is 6.54 Å². The van der Waals surface area contributed by atoms with Gasteiger partial charge in [0.05, 0.1) is 6.04 Å². The Morgan fingerprint density at radius 2 is 1.95 bits per heavy atom. The first-order valence-corrected chi connectivity index (χ1v) is 8.00. The van der Waals surface area contributed by atoms with Crippen molar-refractivity contribution in [2.45, 2.75) is 26.3 Å². The van der Waals surface area contributed by atoms with Crippen molar-refractivity contribution >= 4 is 22.6 Å². The molecule has 0 aliphatic heterocycles. The molecule has 0 saturated carbocycles. The van der Waals surface area contributed by atoms with Crippen LogP contribution in [0.5, 0.6) is 0 Å². The maximum atomic E-state index is 13.3. The molecule has 0 heterocycles. The predicted octanol–water partition coefficient (Wildman–Crippen LogP) is 4.69. The zero-order valence-electron chi connectivity index (χ0n) is 11.8. The lowest BCUT2D eigenvalue weighted by atomic mass is 9.96. The van der Waals surface area contributed by atoms with Gasteiger partial charge in [0.1, 0.15) is 5.82 Å². The Morgan fingerprint density at radius 3 is 2.60 bits per heavy atom. The highest BCUT2D eigenvalue weighted by atomic mass is 127. The van der Waals surface area contributed by atoms with Crippen LogP contribution in [0.25, 0.3) is 0 Å². The number of hydrogen-bond acceptors (Lipinski definition) is 1. The van der Waals surface area contributed by atoms with E-state index < -0.39 is 0 Å². The molecule has 1 unspecified atom stereocenters. The largest absolute Gasteiger partial charge is 0.306 e. The Balaban J connectivity index is 2.44. The average molecular weight is 383 g/mol. The van der Waals surface area contributed by atoms with Crippen LogP contribution in [-0.2, 0) is 6.42 Å². The summed E-state index contributed by atoms with van der Waals surface area (Å²) < 4.78 is 14.2. The van der Waals surface area contributed by atoms with E-state index in [9.17, 15) is 4.39 Å². The molecule has 20 heavy (non-hydrogen) atoms. The first kappa shape index (κ1) is 15.4. The maximum absolute atomic E-state index is 13.3. The first-order valence-electron chi connectivity index (χ1n) is 6.92. The van der Waals surface area contributed by atoms with Crippen LogP contribution in [0.4, 0.5) is 4.39 Å². The third kappa shape index (κ3) is 3.58. The zero-order valence-corrected chi connectivity index (χ0v) is 13.9. The van der Waals surface area contributed by atoms with Crippen LogP contribution in [-0.4, -0.2) is 6.54 Å². The SMILES string of the molecule is CCNC(c1cccc(CC)c1)c1ccc(F)cc1I. The molecule has 2 aromatic carbocycles. The minimum absolute atomic E-state index is 0.110. The van der Waals surface area contributed by atoms with Gasteiger partial charge in [-0.05, 0) is 64.4 Å². The van der Waals surface area contributed by atoms with Gasteiger partial charge in [0.2, 0.25) is 0 Å². The fourth-order valence-corrected chi connectivity index (χ4v) is 3.13. The Hall–Kier alpha value is -0.940. The monoisotopic (exact) mass is 383 g/mol. The molecule has 1 nitrogen and oxygen atoms in total. The lowest BCUT2D eigenvalue weighted by Crippen LogP contribution is -2.23. The zero-order chi connectivity index (χ0) is 14.5. The number of hydrogen-bond donors (Lipinski definition) is 1. The molecule has 1 N–H and O–H groups in total. The van der Waals surface area contributed by atoms with Crippen LogP contribution in [0.2, 0.25) is 0 Å². The Bertz CT molecular complexity index is 583. The van der Waals surface area contributed by atoms with Gasteiger partial charge in [-0.15, -0.1) is 0 Å². The highest BCUT2D eigenvalue weighted by Gasteiger charge is 2.16. The van der Waals surface area contributed by atoms with Crippen molar-refractivity contribution in [3.8, 4) is 0 Å². The van der Waals surface area contributed by atoms with Crippen LogP contribution in [0.1, 0.15) is 36.6 Å². The second kappa shape index (κ2) is 7.18. The standard InChI is InChI=1S/C17H19FIN/c1-3-12-6-5-7-13(10-12)17(20-4-2)15-9-8-14(18)11-16(15)19/h5-11,17,20H,3-4H2,1-2H3. The molecule has 0 aliphatic rings. The number of halogens is 2. The summed E-state index contributed by atoms with van der Waals surface area (Å²) in [7, 11) is 0. The minimum atomic E-state index is -0.185. The van der Waals surface area contributed by atoms with Crippen LogP contribution >= 0.6 is 22.6 Å². The van der Waals surface area contributed by atoms with Crippen molar-refractivity contribution in [2.24, 2.45) is 0 Å². The molecule has 0 aliphatic carbocycles. The number of nitrogens with one attached hydrogen (secondary N) is 1. The van der Waals surface area contributed by atoms with E-state index in [1.807, 2.05) is 6.07 Å². The summed E-state index contributed by atoms with van der Waals surface area (Å²) in [6.07, 6.45) is 1.02. The van der Waals surface area contributed by atoms with Crippen LogP contribution in [0.15, 0.2) is 42.5 Å². The van der Waals surface area contributed by atoms with Crippen molar-refractivity contribution in [1.82, 2.24) is 5.32 Å². The molecule has 0 radical (unpaired) electrons. The minimum Gasteiger partial charge on any atom is -0.306 e. The molecule has 0 fully saturated rings. The van der Waals surface area contributed by atoms with Gasteiger partial charge in [-0.25, -0.2) is 4.39 Å². The number of aryl methyl sites for hydroxylation is 1. The maximum Gasteiger partial charge on any atom is 0.124 e. The second-order valence-electron chi connectivity index (χ2n) is 4.76. The fourth-order valence-electron chi connectivity index (χ4n) is 2.34. The topological polar surface area (TPSA) is 12.0 Å². The third-order valence-electron chi connectivity index (χ3n) is 3.37. The summed E-state index contributed by atoms with van der Waals surface area (Å²) in [4.78, 5) is 0. The molecule has 0 aromatic heterocycles. The van der Waals surface area contributed by atoms with E-state index >= 15 is 0 Å².